The highest BCUT2D eigenvalue weighted by Crippen LogP contribution is 2.14. The van der Waals surface area contributed by atoms with Crippen LogP contribution in [0.2, 0.25) is 5.02 Å². The van der Waals surface area contributed by atoms with Gasteiger partial charge in [-0.25, -0.2) is 0 Å². The lowest BCUT2D eigenvalue weighted by molar-refractivity contribution is 0.0952. The minimum atomic E-state index is -0.328. The van der Waals surface area contributed by atoms with E-state index in [-0.39, 0.29) is 11.8 Å². The maximum absolute atomic E-state index is 12.3. The molecule has 0 fully saturated rings. The second kappa shape index (κ2) is 9.03. The molecule has 0 bridgehead atoms. The molecule has 2 amide bonds. The normalized spacial score (nSPS) is 10.2. The molecular weight excluding hydrogens is 326 g/mol. The third kappa shape index (κ3) is 5.35. The van der Waals surface area contributed by atoms with Crippen LogP contribution in [-0.2, 0) is 0 Å². The first-order valence-corrected chi connectivity index (χ1v) is 8.28. The number of carbonyl (C=O) groups excluding carboxylic acids is 2. The number of hydrogen-bond donors (Lipinski definition) is 2. The molecule has 1 aromatic heterocycles. The smallest absolute Gasteiger partial charge is 0.257 e. The molecule has 0 aliphatic heterocycles. The fourth-order valence-corrected chi connectivity index (χ4v) is 2.23. The van der Waals surface area contributed by atoms with Gasteiger partial charge >= 0.3 is 0 Å². The summed E-state index contributed by atoms with van der Waals surface area (Å²) >= 11 is 5.82. The lowest BCUT2D eigenvalue weighted by atomic mass is 10.1. The highest BCUT2D eigenvalue weighted by Gasteiger charge is 2.11. The van der Waals surface area contributed by atoms with Gasteiger partial charge in [0, 0.05) is 29.6 Å². The first kappa shape index (κ1) is 17.9. The predicted octanol–water partition coefficient (Wildman–Crippen LogP) is 3.91. The Labute approximate surface area is 146 Å². The van der Waals surface area contributed by atoms with E-state index in [0.29, 0.717) is 28.4 Å². The van der Waals surface area contributed by atoms with E-state index in [1.54, 1.807) is 24.3 Å². The Kier molecular flexibility index (Phi) is 6.75. The summed E-state index contributed by atoms with van der Waals surface area (Å²) in [5.41, 5.74) is 1.32. The molecule has 0 radical (unpaired) electrons. The fraction of sp³-hybridized carbons (Fsp3) is 0.278. The molecule has 1 aromatic carbocycles. The molecule has 2 rings (SSSR count). The summed E-state index contributed by atoms with van der Waals surface area (Å²) in [6, 6.07) is 8.33. The van der Waals surface area contributed by atoms with E-state index in [1.807, 2.05) is 0 Å². The van der Waals surface area contributed by atoms with Crippen molar-refractivity contribution in [2.75, 3.05) is 11.9 Å². The molecule has 0 atom stereocenters. The van der Waals surface area contributed by atoms with Gasteiger partial charge in [-0.05, 0) is 36.8 Å². The lowest BCUT2D eigenvalue weighted by Gasteiger charge is -2.07. The first-order chi connectivity index (χ1) is 11.6. The molecule has 5 nitrogen and oxygen atoms in total. The number of nitrogens with one attached hydrogen (secondary N) is 2. The van der Waals surface area contributed by atoms with Crippen molar-refractivity contribution < 1.29 is 9.59 Å². The standard InChI is InChI=1S/C18H20ClN3O2/c1-2-3-4-9-21-17(23)13-10-14(12-20-11-13)18(24)22-16-7-5-15(19)6-8-16/h5-8,10-12H,2-4,9H2,1H3,(H,21,23)(H,22,24). The van der Waals surface area contributed by atoms with Crippen molar-refractivity contribution in [3.05, 3.63) is 58.9 Å². The first-order valence-electron chi connectivity index (χ1n) is 7.90. The van der Waals surface area contributed by atoms with E-state index in [9.17, 15) is 9.59 Å². The quantitative estimate of drug-likeness (QED) is 0.747. The number of anilines is 1. The number of pyridine rings is 1. The van der Waals surface area contributed by atoms with Crippen LogP contribution < -0.4 is 10.6 Å². The number of aromatic nitrogens is 1. The van der Waals surface area contributed by atoms with Crippen molar-refractivity contribution in [3.63, 3.8) is 0 Å². The van der Waals surface area contributed by atoms with Gasteiger partial charge in [-0.2, -0.15) is 0 Å². The van der Waals surface area contributed by atoms with Gasteiger partial charge in [-0.1, -0.05) is 31.4 Å². The summed E-state index contributed by atoms with van der Waals surface area (Å²) in [5.74, 6) is -0.551. The molecule has 0 unspecified atom stereocenters. The molecule has 2 aromatic rings. The monoisotopic (exact) mass is 345 g/mol. The van der Waals surface area contributed by atoms with Crippen LogP contribution in [-0.4, -0.2) is 23.3 Å². The Morgan fingerprint density at radius 1 is 1.04 bits per heavy atom. The van der Waals surface area contributed by atoms with Crippen molar-refractivity contribution in [2.24, 2.45) is 0 Å². The lowest BCUT2D eigenvalue weighted by Crippen LogP contribution is -2.25. The minimum Gasteiger partial charge on any atom is -0.352 e. The van der Waals surface area contributed by atoms with Crippen LogP contribution in [0.15, 0.2) is 42.7 Å². The SMILES string of the molecule is CCCCCNC(=O)c1cncc(C(=O)Nc2ccc(Cl)cc2)c1. The third-order valence-corrected chi connectivity index (χ3v) is 3.68. The van der Waals surface area contributed by atoms with Gasteiger partial charge in [0.25, 0.3) is 11.8 Å². The largest absolute Gasteiger partial charge is 0.352 e. The average Bonchev–Trinajstić information content (AvgIpc) is 2.60. The second-order valence-electron chi connectivity index (χ2n) is 5.39. The zero-order chi connectivity index (χ0) is 17.4. The van der Waals surface area contributed by atoms with Gasteiger partial charge in [0.2, 0.25) is 0 Å². The Bertz CT molecular complexity index is 702. The molecule has 2 N–H and O–H groups in total. The van der Waals surface area contributed by atoms with E-state index < -0.39 is 0 Å². The maximum Gasteiger partial charge on any atom is 0.257 e. The van der Waals surface area contributed by atoms with Gasteiger partial charge in [0.1, 0.15) is 0 Å². The molecule has 24 heavy (non-hydrogen) atoms. The van der Waals surface area contributed by atoms with E-state index in [2.05, 4.69) is 22.5 Å². The number of amides is 2. The second-order valence-corrected chi connectivity index (χ2v) is 5.82. The molecule has 126 valence electrons. The molecule has 0 spiro atoms. The zero-order valence-electron chi connectivity index (χ0n) is 13.5. The summed E-state index contributed by atoms with van der Waals surface area (Å²) in [7, 11) is 0. The van der Waals surface area contributed by atoms with E-state index in [0.717, 1.165) is 19.3 Å². The minimum absolute atomic E-state index is 0.222. The topological polar surface area (TPSA) is 71.1 Å². The molecular formula is C18H20ClN3O2. The molecule has 1 heterocycles. The number of nitrogens with zero attached hydrogens (tertiary/aromatic N) is 1. The number of unbranched alkanes of at least 4 members (excludes halogenated alkanes) is 2. The van der Waals surface area contributed by atoms with E-state index in [4.69, 9.17) is 11.6 Å². The Balaban J connectivity index is 1.99. The Hall–Kier alpha value is -2.40. The molecule has 0 aliphatic rings. The van der Waals surface area contributed by atoms with Crippen molar-refractivity contribution in [3.8, 4) is 0 Å². The van der Waals surface area contributed by atoms with Crippen LogP contribution in [0.5, 0.6) is 0 Å². The summed E-state index contributed by atoms with van der Waals surface area (Å²) in [6.07, 6.45) is 5.99. The summed E-state index contributed by atoms with van der Waals surface area (Å²) in [5, 5.41) is 6.17. The molecule has 0 saturated carbocycles. The van der Waals surface area contributed by atoms with Crippen LogP contribution in [0.25, 0.3) is 0 Å². The molecule has 6 heteroatoms. The Morgan fingerprint density at radius 2 is 1.71 bits per heavy atom. The predicted molar refractivity (Wildman–Crippen MR) is 95.5 cm³/mol. The van der Waals surface area contributed by atoms with E-state index in [1.165, 1.54) is 18.5 Å². The molecule has 0 aliphatic carbocycles. The van der Waals surface area contributed by atoms with Gasteiger partial charge in [0.05, 0.1) is 11.1 Å². The van der Waals surface area contributed by atoms with Crippen molar-refractivity contribution in [1.82, 2.24) is 10.3 Å². The van der Waals surface area contributed by atoms with Gasteiger partial charge < -0.3 is 10.6 Å². The number of rotatable bonds is 7. The Morgan fingerprint density at radius 3 is 2.38 bits per heavy atom. The zero-order valence-corrected chi connectivity index (χ0v) is 14.3. The highest BCUT2D eigenvalue weighted by atomic mass is 35.5. The van der Waals surface area contributed by atoms with Crippen LogP contribution in [0.3, 0.4) is 0 Å². The van der Waals surface area contributed by atoms with Crippen molar-refractivity contribution in [2.45, 2.75) is 26.2 Å². The van der Waals surface area contributed by atoms with Crippen LogP contribution in [0.4, 0.5) is 5.69 Å². The fourth-order valence-electron chi connectivity index (χ4n) is 2.10. The molecule has 0 saturated heterocycles. The van der Waals surface area contributed by atoms with Gasteiger partial charge in [-0.3, -0.25) is 14.6 Å². The number of halogens is 1. The van der Waals surface area contributed by atoms with Crippen LogP contribution in [0.1, 0.15) is 46.9 Å². The van der Waals surface area contributed by atoms with E-state index >= 15 is 0 Å². The average molecular weight is 346 g/mol. The summed E-state index contributed by atoms with van der Waals surface area (Å²) in [6.45, 7) is 2.72. The summed E-state index contributed by atoms with van der Waals surface area (Å²) in [4.78, 5) is 28.3. The van der Waals surface area contributed by atoms with Crippen LogP contribution >= 0.6 is 11.6 Å². The number of benzene rings is 1. The van der Waals surface area contributed by atoms with Crippen molar-refractivity contribution in [1.29, 1.82) is 0 Å². The summed E-state index contributed by atoms with van der Waals surface area (Å²) < 4.78 is 0. The number of hydrogen-bond acceptors (Lipinski definition) is 3. The number of carbonyl (C=O) groups is 2. The van der Waals surface area contributed by atoms with Gasteiger partial charge in [0.15, 0.2) is 0 Å². The van der Waals surface area contributed by atoms with Gasteiger partial charge in [-0.15, -0.1) is 0 Å². The van der Waals surface area contributed by atoms with Crippen molar-refractivity contribution >= 4 is 29.1 Å². The maximum atomic E-state index is 12.3. The van der Waals surface area contributed by atoms with Crippen LogP contribution in [0, 0.1) is 0 Å². The third-order valence-electron chi connectivity index (χ3n) is 3.43. The highest BCUT2D eigenvalue weighted by molar-refractivity contribution is 6.30.